The van der Waals surface area contributed by atoms with Crippen molar-refractivity contribution in [1.29, 1.82) is 0 Å². The number of amides is 1. The van der Waals surface area contributed by atoms with Crippen molar-refractivity contribution < 1.29 is 23.1 Å². The van der Waals surface area contributed by atoms with E-state index in [9.17, 15) is 18.0 Å². The number of carboxylic acids is 1. The van der Waals surface area contributed by atoms with Gasteiger partial charge in [-0.3, -0.25) is 4.79 Å². The molecule has 1 aromatic rings. The van der Waals surface area contributed by atoms with Gasteiger partial charge in [-0.1, -0.05) is 0 Å². The molecule has 0 aliphatic carbocycles. The van der Waals surface area contributed by atoms with Crippen LogP contribution in [-0.2, 0) is 14.8 Å². The van der Waals surface area contributed by atoms with Crippen LogP contribution in [0.4, 0.5) is 0 Å². The van der Waals surface area contributed by atoms with Crippen molar-refractivity contribution in [2.45, 2.75) is 24.7 Å². The van der Waals surface area contributed by atoms with E-state index in [4.69, 9.17) is 10.8 Å². The summed E-state index contributed by atoms with van der Waals surface area (Å²) in [4.78, 5) is 21.0. The SMILES string of the molecule is Cc1csc(C(=O)O)c1S(=O)(=O)NCCCC(N)=O. The quantitative estimate of drug-likeness (QED) is 0.624. The summed E-state index contributed by atoms with van der Waals surface area (Å²) in [5.41, 5.74) is 5.31. The highest BCUT2D eigenvalue weighted by Gasteiger charge is 2.26. The van der Waals surface area contributed by atoms with E-state index in [1.54, 1.807) is 0 Å². The van der Waals surface area contributed by atoms with Gasteiger partial charge < -0.3 is 10.8 Å². The molecule has 1 amide bonds. The summed E-state index contributed by atoms with van der Waals surface area (Å²) in [6.07, 6.45) is 0.330. The minimum Gasteiger partial charge on any atom is -0.477 e. The molecule has 1 rings (SSSR count). The predicted octanol–water partition coefficient (Wildman–Crippen LogP) is 0.299. The van der Waals surface area contributed by atoms with E-state index in [-0.39, 0.29) is 29.2 Å². The zero-order valence-electron chi connectivity index (χ0n) is 10.2. The van der Waals surface area contributed by atoms with Gasteiger partial charge in [0.2, 0.25) is 15.9 Å². The van der Waals surface area contributed by atoms with Gasteiger partial charge in [-0.2, -0.15) is 0 Å². The first-order valence-corrected chi connectivity index (χ1v) is 7.71. The van der Waals surface area contributed by atoms with E-state index >= 15 is 0 Å². The fraction of sp³-hybridized carbons (Fsp3) is 0.400. The molecule has 0 bridgehead atoms. The molecule has 9 heteroatoms. The third kappa shape index (κ3) is 4.01. The topological polar surface area (TPSA) is 127 Å². The van der Waals surface area contributed by atoms with E-state index < -0.39 is 21.9 Å². The second-order valence-electron chi connectivity index (χ2n) is 3.85. The molecule has 0 saturated carbocycles. The number of primary amides is 1. The number of nitrogens with one attached hydrogen (secondary N) is 1. The van der Waals surface area contributed by atoms with Crippen LogP contribution in [0, 0.1) is 6.92 Å². The number of carbonyl (C=O) groups is 2. The van der Waals surface area contributed by atoms with Crippen LogP contribution >= 0.6 is 11.3 Å². The highest BCUT2D eigenvalue weighted by molar-refractivity contribution is 7.89. The van der Waals surface area contributed by atoms with Gasteiger partial charge in [0, 0.05) is 13.0 Å². The Kier molecular flexibility index (Phi) is 5.04. The maximum atomic E-state index is 12.0. The van der Waals surface area contributed by atoms with E-state index in [0.29, 0.717) is 5.56 Å². The number of nitrogens with two attached hydrogens (primary N) is 1. The molecule has 0 saturated heterocycles. The van der Waals surface area contributed by atoms with Crippen LogP contribution in [0.1, 0.15) is 28.1 Å². The molecule has 106 valence electrons. The summed E-state index contributed by atoms with van der Waals surface area (Å²) in [6.45, 7) is 1.56. The normalized spacial score (nSPS) is 11.4. The summed E-state index contributed by atoms with van der Waals surface area (Å²) in [5.74, 6) is -1.80. The number of hydrogen-bond donors (Lipinski definition) is 3. The molecule has 0 aromatic carbocycles. The summed E-state index contributed by atoms with van der Waals surface area (Å²) >= 11 is 0.862. The fourth-order valence-electron chi connectivity index (χ4n) is 1.46. The molecular weight excluding hydrogens is 292 g/mol. The number of sulfonamides is 1. The van der Waals surface area contributed by atoms with Crippen LogP contribution in [-0.4, -0.2) is 31.9 Å². The molecule has 0 aliphatic heterocycles. The Labute approximate surface area is 114 Å². The molecule has 0 radical (unpaired) electrons. The molecule has 0 unspecified atom stereocenters. The summed E-state index contributed by atoms with van der Waals surface area (Å²) < 4.78 is 26.3. The predicted molar refractivity (Wildman–Crippen MR) is 69.6 cm³/mol. The number of thiophene rings is 1. The average molecular weight is 306 g/mol. The van der Waals surface area contributed by atoms with Crippen molar-refractivity contribution in [1.82, 2.24) is 4.72 Å². The van der Waals surface area contributed by atoms with Crippen LogP contribution in [0.25, 0.3) is 0 Å². The Morgan fingerprint density at radius 1 is 1.47 bits per heavy atom. The number of aromatic carboxylic acids is 1. The first-order valence-electron chi connectivity index (χ1n) is 5.35. The molecule has 1 aromatic heterocycles. The molecule has 19 heavy (non-hydrogen) atoms. The molecular formula is C10H14N2O5S2. The number of aryl methyl sites for hydroxylation is 1. The maximum Gasteiger partial charge on any atom is 0.347 e. The highest BCUT2D eigenvalue weighted by Crippen LogP contribution is 2.26. The van der Waals surface area contributed by atoms with E-state index in [2.05, 4.69) is 4.72 Å². The minimum atomic E-state index is -3.89. The van der Waals surface area contributed by atoms with Crippen LogP contribution in [0.2, 0.25) is 0 Å². The van der Waals surface area contributed by atoms with Gasteiger partial charge in [-0.15, -0.1) is 11.3 Å². The molecule has 0 fully saturated rings. The van der Waals surface area contributed by atoms with Gasteiger partial charge >= 0.3 is 5.97 Å². The molecule has 0 aliphatic rings. The number of rotatable bonds is 7. The van der Waals surface area contributed by atoms with Gasteiger partial charge in [-0.25, -0.2) is 17.9 Å². The van der Waals surface area contributed by atoms with Crippen molar-refractivity contribution in [2.24, 2.45) is 5.73 Å². The molecule has 7 nitrogen and oxygen atoms in total. The molecule has 0 spiro atoms. The fourth-order valence-corrected chi connectivity index (χ4v) is 4.16. The standard InChI is InChI=1S/C10H14N2O5S2/c1-6-5-18-8(10(14)15)9(6)19(16,17)12-4-2-3-7(11)13/h5,12H,2-4H2,1H3,(H2,11,13)(H,14,15). The highest BCUT2D eigenvalue weighted by atomic mass is 32.2. The van der Waals surface area contributed by atoms with E-state index in [1.165, 1.54) is 12.3 Å². The van der Waals surface area contributed by atoms with Crippen LogP contribution in [0.3, 0.4) is 0 Å². The lowest BCUT2D eigenvalue weighted by atomic mass is 10.3. The molecule has 4 N–H and O–H groups in total. The smallest absolute Gasteiger partial charge is 0.347 e. The summed E-state index contributed by atoms with van der Waals surface area (Å²) in [6, 6.07) is 0. The lowest BCUT2D eigenvalue weighted by Crippen LogP contribution is -2.27. The van der Waals surface area contributed by atoms with Crippen LogP contribution in [0.15, 0.2) is 10.3 Å². The Balaban J connectivity index is 2.86. The number of hydrogen-bond acceptors (Lipinski definition) is 5. The van der Waals surface area contributed by atoms with Gasteiger partial charge in [0.1, 0.15) is 9.77 Å². The summed E-state index contributed by atoms with van der Waals surface area (Å²) in [5, 5.41) is 10.4. The first-order chi connectivity index (χ1) is 8.75. The number of carbonyl (C=O) groups excluding carboxylic acids is 1. The van der Waals surface area contributed by atoms with Crippen LogP contribution < -0.4 is 10.5 Å². The van der Waals surface area contributed by atoms with Gasteiger partial charge in [0.05, 0.1) is 0 Å². The third-order valence-corrected chi connectivity index (χ3v) is 5.14. The van der Waals surface area contributed by atoms with Crippen molar-refractivity contribution in [3.63, 3.8) is 0 Å². The Bertz CT molecular complexity index is 591. The Morgan fingerprint density at radius 2 is 2.11 bits per heavy atom. The second-order valence-corrected chi connectivity index (χ2v) is 6.43. The maximum absolute atomic E-state index is 12.0. The Morgan fingerprint density at radius 3 is 2.63 bits per heavy atom. The van der Waals surface area contributed by atoms with Crippen molar-refractivity contribution >= 4 is 33.2 Å². The largest absolute Gasteiger partial charge is 0.477 e. The lowest BCUT2D eigenvalue weighted by Gasteiger charge is -2.07. The number of carboxylic acid groups (broad SMARTS) is 1. The van der Waals surface area contributed by atoms with E-state index in [1.807, 2.05) is 0 Å². The minimum absolute atomic E-state index is 0.0274. The van der Waals surface area contributed by atoms with E-state index in [0.717, 1.165) is 11.3 Å². The van der Waals surface area contributed by atoms with Gasteiger partial charge in [0.25, 0.3) is 0 Å². The lowest BCUT2D eigenvalue weighted by molar-refractivity contribution is -0.118. The van der Waals surface area contributed by atoms with Gasteiger partial charge in [0.15, 0.2) is 0 Å². The van der Waals surface area contributed by atoms with Crippen molar-refractivity contribution in [2.75, 3.05) is 6.54 Å². The average Bonchev–Trinajstić information content (AvgIpc) is 2.67. The molecule has 0 atom stereocenters. The monoisotopic (exact) mass is 306 g/mol. The zero-order valence-corrected chi connectivity index (χ0v) is 11.8. The first kappa shape index (κ1) is 15.6. The molecule has 1 heterocycles. The third-order valence-electron chi connectivity index (χ3n) is 2.27. The zero-order chi connectivity index (χ0) is 14.6. The van der Waals surface area contributed by atoms with Crippen LogP contribution in [0.5, 0.6) is 0 Å². The Hall–Kier alpha value is -1.45. The second kappa shape index (κ2) is 6.13. The summed E-state index contributed by atoms with van der Waals surface area (Å²) in [7, 11) is -3.89. The van der Waals surface area contributed by atoms with Crippen molar-refractivity contribution in [3.05, 3.63) is 15.8 Å². The van der Waals surface area contributed by atoms with Gasteiger partial charge in [-0.05, 0) is 24.3 Å². The van der Waals surface area contributed by atoms with Crippen molar-refractivity contribution in [3.8, 4) is 0 Å².